The summed E-state index contributed by atoms with van der Waals surface area (Å²) in [4.78, 5) is 23.5. The molecule has 0 atom stereocenters. The van der Waals surface area contributed by atoms with Gasteiger partial charge in [-0.05, 0) is 46.7 Å². The molecule has 0 radical (unpaired) electrons. The minimum atomic E-state index is -0.409. The molecule has 1 amide bonds. The van der Waals surface area contributed by atoms with E-state index in [2.05, 4.69) is 10.1 Å². The molecule has 124 valence electrons. The van der Waals surface area contributed by atoms with Crippen LogP contribution in [0, 0.1) is 0 Å². The summed E-state index contributed by atoms with van der Waals surface area (Å²) in [6, 6.07) is 20.7. The van der Waals surface area contributed by atoms with Crippen molar-refractivity contribution in [3.8, 4) is 0 Å². The Labute approximate surface area is 145 Å². The third-order valence-corrected chi connectivity index (χ3v) is 3.79. The zero-order valence-corrected chi connectivity index (χ0v) is 13.7. The Morgan fingerprint density at radius 1 is 0.920 bits per heavy atom. The van der Waals surface area contributed by atoms with E-state index in [1.165, 1.54) is 13.2 Å². The molecule has 3 aromatic carbocycles. The van der Waals surface area contributed by atoms with E-state index in [1.54, 1.807) is 18.2 Å². The summed E-state index contributed by atoms with van der Waals surface area (Å²) in [7, 11) is 1.33. The number of esters is 1. The first-order valence-electron chi connectivity index (χ1n) is 7.82. The highest BCUT2D eigenvalue weighted by atomic mass is 16.5. The third kappa shape index (κ3) is 4.12. The smallest absolute Gasteiger partial charge is 0.330 e. The number of amides is 1. The Bertz CT molecular complexity index is 943. The molecule has 25 heavy (non-hydrogen) atoms. The summed E-state index contributed by atoms with van der Waals surface area (Å²) in [6.45, 7) is 0. The maximum absolute atomic E-state index is 12.4. The van der Waals surface area contributed by atoms with Gasteiger partial charge in [-0.15, -0.1) is 0 Å². The van der Waals surface area contributed by atoms with Gasteiger partial charge in [0.25, 0.3) is 5.91 Å². The second-order valence-electron chi connectivity index (χ2n) is 5.49. The highest BCUT2D eigenvalue weighted by Crippen LogP contribution is 2.17. The van der Waals surface area contributed by atoms with Crippen LogP contribution in [0.25, 0.3) is 16.8 Å². The monoisotopic (exact) mass is 331 g/mol. The number of nitrogens with one attached hydrogen (secondary N) is 1. The Balaban J connectivity index is 1.71. The molecule has 0 saturated carbocycles. The summed E-state index contributed by atoms with van der Waals surface area (Å²) in [5.41, 5.74) is 2.14. The van der Waals surface area contributed by atoms with Crippen molar-refractivity contribution in [3.05, 3.63) is 83.9 Å². The van der Waals surface area contributed by atoms with Crippen molar-refractivity contribution in [1.82, 2.24) is 0 Å². The molecular weight excluding hydrogens is 314 g/mol. The van der Waals surface area contributed by atoms with Crippen LogP contribution in [0.2, 0.25) is 0 Å². The van der Waals surface area contributed by atoms with E-state index in [0.717, 1.165) is 16.3 Å². The van der Waals surface area contributed by atoms with Crippen LogP contribution in [0.3, 0.4) is 0 Å². The molecule has 4 heteroatoms. The Morgan fingerprint density at radius 3 is 2.36 bits per heavy atom. The van der Waals surface area contributed by atoms with E-state index in [0.29, 0.717) is 11.3 Å². The van der Waals surface area contributed by atoms with Gasteiger partial charge in [-0.2, -0.15) is 0 Å². The minimum absolute atomic E-state index is 0.163. The van der Waals surface area contributed by atoms with E-state index in [-0.39, 0.29) is 5.91 Å². The van der Waals surface area contributed by atoms with Gasteiger partial charge < -0.3 is 10.1 Å². The molecule has 0 aliphatic heterocycles. The molecule has 0 unspecified atom stereocenters. The first-order chi connectivity index (χ1) is 12.2. The van der Waals surface area contributed by atoms with Gasteiger partial charge in [0, 0.05) is 17.3 Å². The number of fused-ring (bicyclic) bond motifs is 1. The SMILES string of the molecule is COC(=O)C=Cc1ccc(NC(=O)c2ccc3ccccc3c2)cc1. The quantitative estimate of drug-likeness (QED) is 0.573. The van der Waals surface area contributed by atoms with Crippen LogP contribution in [-0.4, -0.2) is 19.0 Å². The van der Waals surface area contributed by atoms with Crippen LogP contribution in [0.15, 0.2) is 72.8 Å². The van der Waals surface area contributed by atoms with E-state index in [1.807, 2.05) is 54.6 Å². The zero-order valence-electron chi connectivity index (χ0n) is 13.7. The summed E-state index contributed by atoms with van der Waals surface area (Å²) in [6.07, 6.45) is 3.00. The average Bonchev–Trinajstić information content (AvgIpc) is 2.66. The molecule has 0 bridgehead atoms. The number of methoxy groups -OCH3 is 1. The Kier molecular flexibility index (Phi) is 4.90. The fraction of sp³-hybridized carbons (Fsp3) is 0.0476. The molecule has 3 rings (SSSR count). The van der Waals surface area contributed by atoms with Gasteiger partial charge in [0.05, 0.1) is 7.11 Å². The number of carbonyl (C=O) groups excluding carboxylic acids is 2. The van der Waals surface area contributed by atoms with Crippen LogP contribution in [0.4, 0.5) is 5.69 Å². The fourth-order valence-electron chi connectivity index (χ4n) is 2.44. The number of rotatable bonds is 4. The lowest BCUT2D eigenvalue weighted by molar-refractivity contribution is -0.134. The molecule has 0 spiro atoms. The summed E-state index contributed by atoms with van der Waals surface area (Å²) in [5, 5.41) is 5.00. The van der Waals surface area contributed by atoms with Gasteiger partial charge in [-0.3, -0.25) is 4.79 Å². The summed E-state index contributed by atoms with van der Waals surface area (Å²) in [5.74, 6) is -0.572. The second-order valence-corrected chi connectivity index (χ2v) is 5.49. The molecule has 0 fully saturated rings. The van der Waals surface area contributed by atoms with Crippen molar-refractivity contribution in [2.45, 2.75) is 0 Å². The van der Waals surface area contributed by atoms with Gasteiger partial charge in [-0.1, -0.05) is 42.5 Å². The molecular formula is C21H17NO3. The van der Waals surface area contributed by atoms with Crippen molar-refractivity contribution in [2.75, 3.05) is 12.4 Å². The first-order valence-corrected chi connectivity index (χ1v) is 7.82. The predicted molar refractivity (Wildman–Crippen MR) is 99.4 cm³/mol. The number of ether oxygens (including phenoxy) is 1. The van der Waals surface area contributed by atoms with Gasteiger partial charge in [0.2, 0.25) is 0 Å². The van der Waals surface area contributed by atoms with Gasteiger partial charge >= 0.3 is 5.97 Å². The highest BCUT2D eigenvalue weighted by Gasteiger charge is 2.06. The third-order valence-electron chi connectivity index (χ3n) is 3.79. The summed E-state index contributed by atoms with van der Waals surface area (Å²) < 4.78 is 4.55. The Hall–Kier alpha value is -3.40. The molecule has 0 aromatic heterocycles. The standard InChI is InChI=1S/C21H17NO3/c1-25-20(23)13-8-15-6-11-19(12-7-15)22-21(24)18-10-9-16-4-2-3-5-17(16)14-18/h2-14H,1H3,(H,22,24). The maximum atomic E-state index is 12.4. The number of carbonyl (C=O) groups is 2. The lowest BCUT2D eigenvalue weighted by atomic mass is 10.1. The van der Waals surface area contributed by atoms with Crippen molar-refractivity contribution in [3.63, 3.8) is 0 Å². The average molecular weight is 331 g/mol. The first kappa shape index (κ1) is 16.5. The number of anilines is 1. The van der Waals surface area contributed by atoms with E-state index in [9.17, 15) is 9.59 Å². The second kappa shape index (κ2) is 7.45. The molecule has 4 nitrogen and oxygen atoms in total. The van der Waals surface area contributed by atoms with Crippen molar-refractivity contribution in [1.29, 1.82) is 0 Å². The Morgan fingerprint density at radius 2 is 1.64 bits per heavy atom. The zero-order chi connectivity index (χ0) is 17.6. The van der Waals surface area contributed by atoms with Crippen LogP contribution in [-0.2, 0) is 9.53 Å². The van der Waals surface area contributed by atoms with Gasteiger partial charge in [0.15, 0.2) is 0 Å². The minimum Gasteiger partial charge on any atom is -0.466 e. The molecule has 1 N–H and O–H groups in total. The molecule has 0 saturated heterocycles. The van der Waals surface area contributed by atoms with Crippen molar-refractivity contribution in [2.24, 2.45) is 0 Å². The lowest BCUT2D eigenvalue weighted by Crippen LogP contribution is -2.11. The van der Waals surface area contributed by atoms with Gasteiger partial charge in [-0.25, -0.2) is 4.79 Å². The topological polar surface area (TPSA) is 55.4 Å². The number of benzene rings is 3. The molecule has 0 aliphatic carbocycles. The summed E-state index contributed by atoms with van der Waals surface area (Å²) >= 11 is 0. The van der Waals surface area contributed by atoms with E-state index >= 15 is 0 Å². The maximum Gasteiger partial charge on any atom is 0.330 e. The largest absolute Gasteiger partial charge is 0.466 e. The number of hydrogen-bond acceptors (Lipinski definition) is 3. The highest BCUT2D eigenvalue weighted by molar-refractivity contribution is 6.06. The fourth-order valence-corrected chi connectivity index (χ4v) is 2.44. The predicted octanol–water partition coefficient (Wildman–Crippen LogP) is 4.28. The number of hydrogen-bond donors (Lipinski definition) is 1. The van der Waals surface area contributed by atoms with E-state index in [4.69, 9.17) is 0 Å². The molecule has 3 aromatic rings. The van der Waals surface area contributed by atoms with Crippen molar-refractivity contribution < 1.29 is 14.3 Å². The van der Waals surface area contributed by atoms with Crippen LogP contribution in [0.1, 0.15) is 15.9 Å². The normalized spacial score (nSPS) is 10.8. The van der Waals surface area contributed by atoms with E-state index < -0.39 is 5.97 Å². The molecule has 0 heterocycles. The van der Waals surface area contributed by atoms with Gasteiger partial charge in [0.1, 0.15) is 0 Å². The van der Waals surface area contributed by atoms with Crippen LogP contribution < -0.4 is 5.32 Å². The van der Waals surface area contributed by atoms with Crippen LogP contribution >= 0.6 is 0 Å². The van der Waals surface area contributed by atoms with Crippen molar-refractivity contribution >= 4 is 34.4 Å². The lowest BCUT2D eigenvalue weighted by Gasteiger charge is -2.07. The van der Waals surface area contributed by atoms with Crippen LogP contribution in [0.5, 0.6) is 0 Å². The molecule has 0 aliphatic rings.